The minimum absolute atomic E-state index is 0.225. The minimum atomic E-state index is -4.60. The van der Waals surface area contributed by atoms with Crippen molar-refractivity contribution in [2.45, 2.75) is 12.2 Å². The number of hydrogen-bond donors (Lipinski definition) is 1. The molecule has 0 aliphatic heterocycles. The first-order valence-corrected chi connectivity index (χ1v) is 6.13. The van der Waals surface area contributed by atoms with E-state index in [4.69, 9.17) is 0 Å². The summed E-state index contributed by atoms with van der Waals surface area (Å²) >= 11 is 0. The van der Waals surface area contributed by atoms with Crippen LogP contribution in [0.3, 0.4) is 0 Å². The minimum Gasteiger partial charge on any atom is -0.309 e. The number of hydrogen-bond acceptors (Lipinski definition) is 1. The van der Waals surface area contributed by atoms with Crippen LogP contribution in [0.2, 0.25) is 0 Å². The molecule has 2 rings (SSSR count). The van der Waals surface area contributed by atoms with Crippen LogP contribution in [0.4, 0.5) is 22.0 Å². The van der Waals surface area contributed by atoms with Gasteiger partial charge in [-0.25, -0.2) is 8.78 Å². The predicted octanol–water partition coefficient (Wildman–Crippen LogP) is 4.29. The smallest absolute Gasteiger partial charge is 0.309 e. The Bertz CT molecular complexity index is 616. The van der Waals surface area contributed by atoms with Crippen LogP contribution in [0.5, 0.6) is 0 Å². The molecule has 1 atom stereocenters. The largest absolute Gasteiger partial charge is 0.416 e. The Balaban J connectivity index is 2.63. The number of halogens is 5. The zero-order valence-corrected chi connectivity index (χ0v) is 11.0. The Morgan fingerprint density at radius 3 is 2.00 bits per heavy atom. The molecule has 0 amide bonds. The van der Waals surface area contributed by atoms with E-state index in [1.807, 2.05) is 0 Å². The summed E-state index contributed by atoms with van der Waals surface area (Å²) in [5, 5.41) is 2.55. The van der Waals surface area contributed by atoms with E-state index in [-0.39, 0.29) is 5.56 Å². The van der Waals surface area contributed by atoms with Crippen LogP contribution in [0.15, 0.2) is 42.5 Å². The lowest BCUT2D eigenvalue weighted by Gasteiger charge is -2.22. The van der Waals surface area contributed by atoms with E-state index >= 15 is 0 Å². The molecule has 0 heterocycles. The summed E-state index contributed by atoms with van der Waals surface area (Å²) in [7, 11) is 1.35. The molecule has 0 saturated carbocycles. The first kappa shape index (κ1) is 15.4. The number of rotatable bonds is 3. The van der Waals surface area contributed by atoms with Crippen molar-refractivity contribution in [1.29, 1.82) is 0 Å². The van der Waals surface area contributed by atoms with Crippen LogP contribution in [-0.4, -0.2) is 7.05 Å². The van der Waals surface area contributed by atoms with Gasteiger partial charge in [0.1, 0.15) is 11.6 Å². The Morgan fingerprint density at radius 1 is 0.905 bits per heavy atom. The molecule has 112 valence electrons. The van der Waals surface area contributed by atoms with E-state index in [0.29, 0.717) is 0 Å². The highest BCUT2D eigenvalue weighted by Crippen LogP contribution is 2.37. The van der Waals surface area contributed by atoms with Gasteiger partial charge in [0.25, 0.3) is 0 Å². The number of benzene rings is 2. The fourth-order valence-electron chi connectivity index (χ4n) is 2.25. The van der Waals surface area contributed by atoms with E-state index in [1.54, 1.807) is 0 Å². The second-order valence-corrected chi connectivity index (χ2v) is 4.44. The highest BCUT2D eigenvalue weighted by Gasteiger charge is 2.36. The summed E-state index contributed by atoms with van der Waals surface area (Å²) in [5.41, 5.74) is -1.58. The zero-order chi connectivity index (χ0) is 15.6. The molecular formula is C15H12F5N. The van der Waals surface area contributed by atoms with Crippen molar-refractivity contribution in [3.8, 4) is 0 Å². The second kappa shape index (κ2) is 5.81. The molecular weight excluding hydrogens is 289 g/mol. The molecule has 0 radical (unpaired) electrons. The van der Waals surface area contributed by atoms with Gasteiger partial charge in [0, 0.05) is 5.56 Å². The highest BCUT2D eigenvalue weighted by atomic mass is 19.4. The Hall–Kier alpha value is -1.95. The fraction of sp³-hybridized carbons (Fsp3) is 0.200. The van der Waals surface area contributed by atoms with Gasteiger partial charge in [0.15, 0.2) is 0 Å². The summed E-state index contributed by atoms with van der Waals surface area (Å²) in [6, 6.07) is 6.68. The van der Waals surface area contributed by atoms with Crippen LogP contribution in [0.25, 0.3) is 0 Å². The lowest BCUT2D eigenvalue weighted by molar-refractivity contribution is -0.138. The average Bonchev–Trinajstić information content (AvgIpc) is 2.42. The van der Waals surface area contributed by atoms with E-state index in [0.717, 1.165) is 24.3 Å². The van der Waals surface area contributed by atoms with Crippen molar-refractivity contribution < 1.29 is 22.0 Å². The molecule has 0 aromatic heterocycles. The summed E-state index contributed by atoms with van der Waals surface area (Å²) < 4.78 is 66.8. The molecule has 0 fully saturated rings. The first-order valence-electron chi connectivity index (χ1n) is 6.13. The summed E-state index contributed by atoms with van der Waals surface area (Å²) in [4.78, 5) is 0. The standard InChI is InChI=1S/C15H12F5N/c1-21-14(13-11(16)7-4-8-12(13)17)9-5-2-3-6-10(9)15(18,19)20/h2-8,14,21H,1H3. The molecule has 1 unspecified atom stereocenters. The van der Waals surface area contributed by atoms with Crippen LogP contribution in [0.1, 0.15) is 22.7 Å². The molecule has 0 bridgehead atoms. The zero-order valence-electron chi connectivity index (χ0n) is 11.0. The second-order valence-electron chi connectivity index (χ2n) is 4.44. The summed E-state index contributed by atoms with van der Waals surface area (Å²) in [6.07, 6.45) is -4.60. The van der Waals surface area contributed by atoms with Crippen molar-refractivity contribution in [2.75, 3.05) is 7.05 Å². The highest BCUT2D eigenvalue weighted by molar-refractivity contribution is 5.40. The van der Waals surface area contributed by atoms with Crippen LogP contribution >= 0.6 is 0 Å². The molecule has 1 N–H and O–H groups in total. The van der Waals surface area contributed by atoms with Crippen LogP contribution < -0.4 is 5.32 Å². The third kappa shape index (κ3) is 3.05. The van der Waals surface area contributed by atoms with E-state index in [2.05, 4.69) is 5.32 Å². The Kier molecular flexibility index (Phi) is 4.27. The van der Waals surface area contributed by atoms with Crippen molar-refractivity contribution in [3.05, 3.63) is 70.8 Å². The molecule has 0 saturated heterocycles. The van der Waals surface area contributed by atoms with Gasteiger partial charge in [-0.05, 0) is 30.8 Å². The monoisotopic (exact) mass is 301 g/mol. The molecule has 1 nitrogen and oxygen atoms in total. The predicted molar refractivity (Wildman–Crippen MR) is 68.7 cm³/mol. The van der Waals surface area contributed by atoms with Gasteiger partial charge in [-0.15, -0.1) is 0 Å². The molecule has 21 heavy (non-hydrogen) atoms. The van der Waals surface area contributed by atoms with E-state index in [1.165, 1.54) is 25.2 Å². The van der Waals surface area contributed by atoms with Gasteiger partial charge in [-0.3, -0.25) is 0 Å². The third-order valence-corrected chi connectivity index (χ3v) is 3.15. The normalized spacial score (nSPS) is 13.2. The maximum atomic E-state index is 13.8. The van der Waals surface area contributed by atoms with Crippen molar-refractivity contribution in [3.63, 3.8) is 0 Å². The van der Waals surface area contributed by atoms with Crippen molar-refractivity contribution in [2.24, 2.45) is 0 Å². The lowest BCUT2D eigenvalue weighted by atomic mass is 9.93. The van der Waals surface area contributed by atoms with Gasteiger partial charge < -0.3 is 5.32 Å². The topological polar surface area (TPSA) is 12.0 Å². The Morgan fingerprint density at radius 2 is 1.48 bits per heavy atom. The molecule has 0 spiro atoms. The maximum absolute atomic E-state index is 13.8. The van der Waals surface area contributed by atoms with Gasteiger partial charge in [0.05, 0.1) is 11.6 Å². The first-order chi connectivity index (χ1) is 9.86. The molecule has 0 aliphatic rings. The SMILES string of the molecule is CNC(c1ccccc1C(F)(F)F)c1c(F)cccc1F. The third-order valence-electron chi connectivity index (χ3n) is 3.15. The maximum Gasteiger partial charge on any atom is 0.416 e. The molecule has 2 aromatic carbocycles. The van der Waals surface area contributed by atoms with Gasteiger partial charge in [-0.2, -0.15) is 13.2 Å². The Labute approximate surface area is 118 Å². The van der Waals surface area contributed by atoms with Crippen LogP contribution in [0, 0.1) is 11.6 Å². The summed E-state index contributed by atoms with van der Waals surface area (Å²) in [6.45, 7) is 0. The summed E-state index contributed by atoms with van der Waals surface area (Å²) in [5.74, 6) is -1.79. The van der Waals surface area contributed by atoms with E-state index in [9.17, 15) is 22.0 Å². The van der Waals surface area contributed by atoms with Crippen molar-refractivity contribution in [1.82, 2.24) is 5.32 Å². The molecule has 2 aromatic rings. The van der Waals surface area contributed by atoms with Crippen molar-refractivity contribution >= 4 is 0 Å². The van der Waals surface area contributed by atoms with Gasteiger partial charge >= 0.3 is 6.18 Å². The fourth-order valence-corrected chi connectivity index (χ4v) is 2.25. The average molecular weight is 301 g/mol. The quantitative estimate of drug-likeness (QED) is 0.834. The number of nitrogens with one attached hydrogen (secondary N) is 1. The number of alkyl halides is 3. The van der Waals surface area contributed by atoms with E-state index < -0.39 is 35.0 Å². The van der Waals surface area contributed by atoms with Gasteiger partial charge in [0.2, 0.25) is 0 Å². The van der Waals surface area contributed by atoms with Crippen LogP contribution in [-0.2, 0) is 6.18 Å². The molecule has 6 heteroatoms. The molecule has 0 aliphatic carbocycles. The van der Waals surface area contributed by atoms with Gasteiger partial charge in [-0.1, -0.05) is 24.3 Å². The lowest BCUT2D eigenvalue weighted by Crippen LogP contribution is -2.24.